The molecule has 0 atom stereocenters. The Bertz CT molecular complexity index is 605. The Morgan fingerprint density at radius 1 is 1.05 bits per heavy atom. The molecule has 0 saturated heterocycles. The predicted octanol–water partition coefficient (Wildman–Crippen LogP) is 3.33. The van der Waals surface area contributed by atoms with Gasteiger partial charge in [-0.1, -0.05) is 55.1 Å². The number of benzene rings is 2. The molecule has 0 fully saturated rings. The lowest BCUT2D eigenvalue weighted by molar-refractivity contribution is -0.132. The van der Waals surface area contributed by atoms with Gasteiger partial charge in [-0.25, -0.2) is 4.79 Å². The first-order chi connectivity index (χ1) is 9.66. The lowest BCUT2D eigenvalue weighted by atomic mass is 10.0. The zero-order chi connectivity index (χ0) is 14.4. The summed E-state index contributed by atoms with van der Waals surface area (Å²) in [6.45, 7) is 3.76. The van der Waals surface area contributed by atoms with E-state index in [9.17, 15) is 4.79 Å². The summed E-state index contributed by atoms with van der Waals surface area (Å²) >= 11 is 0. The molecule has 0 aromatic heterocycles. The van der Waals surface area contributed by atoms with Gasteiger partial charge < -0.3 is 10.4 Å². The maximum atomic E-state index is 10.8. The number of rotatable bonds is 6. The molecule has 0 aliphatic heterocycles. The molecule has 3 heteroatoms. The van der Waals surface area contributed by atoms with E-state index in [1.165, 1.54) is 5.56 Å². The van der Waals surface area contributed by atoms with Crippen LogP contribution in [0.25, 0.3) is 0 Å². The first-order valence-corrected chi connectivity index (χ1v) is 6.43. The molecule has 0 unspecified atom stereocenters. The molecule has 0 aliphatic rings. The van der Waals surface area contributed by atoms with Gasteiger partial charge in [0.25, 0.3) is 0 Å². The van der Waals surface area contributed by atoms with Gasteiger partial charge in [0.1, 0.15) is 0 Å². The fourth-order valence-electron chi connectivity index (χ4n) is 1.94. The van der Waals surface area contributed by atoms with Crippen molar-refractivity contribution in [2.75, 3.05) is 11.9 Å². The van der Waals surface area contributed by atoms with Crippen LogP contribution in [0.3, 0.4) is 0 Å². The van der Waals surface area contributed by atoms with E-state index >= 15 is 0 Å². The molecule has 0 bridgehead atoms. The Morgan fingerprint density at radius 2 is 1.70 bits per heavy atom. The van der Waals surface area contributed by atoms with Crippen LogP contribution >= 0.6 is 0 Å². The summed E-state index contributed by atoms with van der Waals surface area (Å²) < 4.78 is 0. The quantitative estimate of drug-likeness (QED) is 0.789. The molecule has 2 rings (SSSR count). The highest BCUT2D eigenvalue weighted by molar-refractivity contribution is 5.86. The number of anilines is 1. The number of para-hydroxylation sites is 1. The zero-order valence-corrected chi connectivity index (χ0v) is 11.2. The molecule has 2 aromatic rings. The molecular formula is C17H17NO2. The summed E-state index contributed by atoms with van der Waals surface area (Å²) in [6.07, 6.45) is 0.809. The van der Waals surface area contributed by atoms with E-state index in [2.05, 4.69) is 24.0 Å². The number of aliphatic carboxylic acids is 1. The second-order valence-electron chi connectivity index (χ2n) is 4.58. The second-order valence-corrected chi connectivity index (χ2v) is 4.58. The monoisotopic (exact) mass is 267 g/mol. The Balaban J connectivity index is 2.10. The average molecular weight is 267 g/mol. The zero-order valence-electron chi connectivity index (χ0n) is 11.2. The lowest BCUT2D eigenvalue weighted by Gasteiger charge is -2.12. The van der Waals surface area contributed by atoms with Gasteiger partial charge in [0.15, 0.2) is 0 Å². The number of carboxylic acids is 1. The smallest absolute Gasteiger partial charge is 0.332 e. The molecule has 0 amide bonds. The third kappa shape index (κ3) is 3.72. The van der Waals surface area contributed by atoms with Crippen LogP contribution in [0.4, 0.5) is 5.69 Å². The number of carboxylic acid groups (broad SMARTS) is 1. The van der Waals surface area contributed by atoms with Crippen LogP contribution in [0.2, 0.25) is 0 Å². The maximum Gasteiger partial charge on any atom is 0.332 e. The van der Waals surface area contributed by atoms with Gasteiger partial charge in [0.2, 0.25) is 0 Å². The van der Waals surface area contributed by atoms with Crippen LogP contribution in [0, 0.1) is 0 Å². The Morgan fingerprint density at radius 3 is 2.40 bits per heavy atom. The lowest BCUT2D eigenvalue weighted by Crippen LogP contribution is -2.12. The Labute approximate surface area is 118 Å². The normalized spacial score (nSPS) is 10.0. The summed E-state index contributed by atoms with van der Waals surface area (Å²) in [5.74, 6) is -0.974. The van der Waals surface area contributed by atoms with E-state index in [0.29, 0.717) is 0 Å². The van der Waals surface area contributed by atoms with Gasteiger partial charge in [-0.15, -0.1) is 0 Å². The van der Waals surface area contributed by atoms with Crippen molar-refractivity contribution in [3.05, 3.63) is 77.9 Å². The minimum atomic E-state index is -0.974. The van der Waals surface area contributed by atoms with Crippen LogP contribution < -0.4 is 5.32 Å². The Hall–Kier alpha value is -2.55. The fourth-order valence-corrected chi connectivity index (χ4v) is 1.94. The first kappa shape index (κ1) is 13.9. The van der Waals surface area contributed by atoms with Crippen molar-refractivity contribution < 1.29 is 9.90 Å². The first-order valence-electron chi connectivity index (χ1n) is 6.43. The van der Waals surface area contributed by atoms with Crippen LogP contribution in [0.1, 0.15) is 11.1 Å². The number of hydrogen-bond acceptors (Lipinski definition) is 2. The van der Waals surface area contributed by atoms with Crippen molar-refractivity contribution in [2.45, 2.75) is 6.42 Å². The van der Waals surface area contributed by atoms with Crippen LogP contribution in [-0.2, 0) is 11.2 Å². The van der Waals surface area contributed by atoms with E-state index in [-0.39, 0.29) is 12.1 Å². The number of nitrogens with one attached hydrogen (secondary N) is 1. The Kier molecular flexibility index (Phi) is 4.56. The second kappa shape index (κ2) is 6.57. The van der Waals surface area contributed by atoms with Gasteiger partial charge in [-0.05, 0) is 23.6 Å². The summed E-state index contributed by atoms with van der Waals surface area (Å²) in [7, 11) is 0. The molecule has 0 heterocycles. The van der Waals surface area contributed by atoms with Crippen molar-refractivity contribution in [1.82, 2.24) is 0 Å². The van der Waals surface area contributed by atoms with E-state index in [1.807, 2.05) is 42.5 Å². The van der Waals surface area contributed by atoms with Crippen LogP contribution in [-0.4, -0.2) is 17.6 Å². The van der Waals surface area contributed by atoms with Gasteiger partial charge in [0.05, 0.1) is 0 Å². The fraction of sp³-hybridized carbons (Fsp3) is 0.118. The van der Waals surface area contributed by atoms with E-state index in [4.69, 9.17) is 5.11 Å². The highest BCUT2D eigenvalue weighted by Crippen LogP contribution is 2.19. The predicted molar refractivity (Wildman–Crippen MR) is 81.0 cm³/mol. The third-order valence-electron chi connectivity index (χ3n) is 3.05. The van der Waals surface area contributed by atoms with E-state index in [1.54, 1.807) is 0 Å². The number of carbonyl (C=O) groups is 1. The molecule has 20 heavy (non-hydrogen) atoms. The van der Waals surface area contributed by atoms with Crippen molar-refractivity contribution >= 4 is 11.7 Å². The molecule has 0 spiro atoms. The number of hydrogen-bond donors (Lipinski definition) is 2. The van der Waals surface area contributed by atoms with Crippen molar-refractivity contribution in [2.24, 2.45) is 0 Å². The molecule has 0 aliphatic carbocycles. The van der Waals surface area contributed by atoms with Crippen molar-refractivity contribution in [3.63, 3.8) is 0 Å². The largest absolute Gasteiger partial charge is 0.478 e. The highest BCUT2D eigenvalue weighted by atomic mass is 16.4. The summed E-state index contributed by atoms with van der Waals surface area (Å²) in [5.41, 5.74) is 3.45. The highest BCUT2D eigenvalue weighted by Gasteiger charge is 2.06. The summed E-state index contributed by atoms with van der Waals surface area (Å²) in [4.78, 5) is 10.8. The molecular weight excluding hydrogens is 250 g/mol. The van der Waals surface area contributed by atoms with Crippen molar-refractivity contribution in [1.29, 1.82) is 0 Å². The van der Waals surface area contributed by atoms with Gasteiger partial charge in [0, 0.05) is 17.8 Å². The molecule has 102 valence electrons. The molecule has 2 aromatic carbocycles. The minimum absolute atomic E-state index is 0.152. The molecule has 3 nitrogen and oxygen atoms in total. The summed E-state index contributed by atoms with van der Waals surface area (Å²) in [6, 6.07) is 18.1. The topological polar surface area (TPSA) is 49.3 Å². The van der Waals surface area contributed by atoms with Crippen molar-refractivity contribution in [3.8, 4) is 0 Å². The third-order valence-corrected chi connectivity index (χ3v) is 3.05. The van der Waals surface area contributed by atoms with Gasteiger partial charge in [-0.2, -0.15) is 0 Å². The molecule has 0 radical (unpaired) electrons. The SMILES string of the molecule is C=C(CNc1ccccc1Cc1ccccc1)C(=O)O. The average Bonchev–Trinajstić information content (AvgIpc) is 2.47. The van der Waals surface area contributed by atoms with Crippen LogP contribution in [0.15, 0.2) is 66.7 Å². The van der Waals surface area contributed by atoms with E-state index < -0.39 is 5.97 Å². The van der Waals surface area contributed by atoms with E-state index in [0.717, 1.165) is 17.7 Å². The minimum Gasteiger partial charge on any atom is -0.478 e. The van der Waals surface area contributed by atoms with Crippen LogP contribution in [0.5, 0.6) is 0 Å². The molecule has 0 saturated carbocycles. The standard InChI is InChI=1S/C17H17NO2/c1-13(17(19)20)12-18-16-10-6-5-9-15(16)11-14-7-3-2-4-8-14/h2-10,18H,1,11-12H2,(H,19,20). The van der Waals surface area contributed by atoms with Gasteiger partial charge >= 0.3 is 5.97 Å². The maximum absolute atomic E-state index is 10.8. The van der Waals surface area contributed by atoms with Gasteiger partial charge in [-0.3, -0.25) is 0 Å². The molecule has 2 N–H and O–H groups in total. The summed E-state index contributed by atoms with van der Waals surface area (Å²) in [5, 5.41) is 12.0.